The number of rotatable bonds is 10. The van der Waals surface area contributed by atoms with E-state index in [1.807, 2.05) is 36.8 Å². The van der Waals surface area contributed by atoms with Gasteiger partial charge in [-0.3, -0.25) is 4.98 Å². The van der Waals surface area contributed by atoms with E-state index in [0.29, 0.717) is 17.4 Å². The summed E-state index contributed by atoms with van der Waals surface area (Å²) in [6.07, 6.45) is 10.8. The fraction of sp³-hybridized carbons (Fsp3) is 0.429. The molecule has 0 aliphatic heterocycles. The maximum atomic E-state index is 11.6. The molecular weight excluding hydrogens is 482 g/mol. The van der Waals surface area contributed by atoms with Crippen LogP contribution in [0.1, 0.15) is 77.4 Å². The number of ether oxygens (including phenoxy) is 2. The number of thiazole rings is 1. The molecule has 1 heterocycles. The second-order valence-corrected chi connectivity index (χ2v) is 10.6. The summed E-state index contributed by atoms with van der Waals surface area (Å²) in [6.45, 7) is 2.42. The van der Waals surface area contributed by atoms with Crippen LogP contribution in [-0.4, -0.2) is 23.2 Å². The number of carbonyl (C=O) groups is 1. The van der Waals surface area contributed by atoms with Gasteiger partial charge in [0.05, 0.1) is 30.2 Å². The molecule has 1 fully saturated rings. The molecule has 7 heteroatoms. The Hall–Kier alpha value is -2.41. The van der Waals surface area contributed by atoms with Crippen molar-refractivity contribution in [1.29, 1.82) is 0 Å². The minimum absolute atomic E-state index is 0.0141. The van der Waals surface area contributed by atoms with Crippen molar-refractivity contribution in [3.63, 3.8) is 0 Å². The minimum Gasteiger partial charge on any atom is -0.496 e. The molecule has 35 heavy (non-hydrogen) atoms. The summed E-state index contributed by atoms with van der Waals surface area (Å²) in [5, 5.41) is 10.1. The molecule has 0 spiro atoms. The average molecular weight is 514 g/mol. The lowest BCUT2D eigenvalue weighted by Crippen LogP contribution is -2.10. The zero-order chi connectivity index (χ0) is 24.8. The first-order valence-corrected chi connectivity index (χ1v) is 13.4. The Morgan fingerprint density at radius 3 is 2.71 bits per heavy atom. The Bertz CT molecular complexity index is 1140. The van der Waals surface area contributed by atoms with Crippen molar-refractivity contribution in [3.05, 3.63) is 68.6 Å². The normalized spacial score (nSPS) is 15.2. The largest absolute Gasteiger partial charge is 0.496 e. The van der Waals surface area contributed by atoms with Crippen LogP contribution in [0.25, 0.3) is 11.1 Å². The SMILES string of the molecule is COc1ccc(-c2cc(Cl)c(COC(CCC3CCCCC3)c3cncs3)cc2C)cc1C(=O)O. The monoisotopic (exact) mass is 513 g/mol. The van der Waals surface area contributed by atoms with Gasteiger partial charge in [-0.15, -0.1) is 11.3 Å². The van der Waals surface area contributed by atoms with Crippen LogP contribution >= 0.6 is 22.9 Å². The summed E-state index contributed by atoms with van der Waals surface area (Å²) < 4.78 is 11.6. The molecule has 1 atom stereocenters. The van der Waals surface area contributed by atoms with Gasteiger partial charge in [-0.05, 0) is 66.1 Å². The lowest BCUT2D eigenvalue weighted by molar-refractivity contribution is 0.0306. The zero-order valence-corrected chi connectivity index (χ0v) is 21.8. The van der Waals surface area contributed by atoms with Crippen LogP contribution in [0, 0.1) is 12.8 Å². The first-order chi connectivity index (χ1) is 17.0. The number of carboxylic acid groups (broad SMARTS) is 1. The van der Waals surface area contributed by atoms with Crippen molar-refractivity contribution in [2.24, 2.45) is 5.92 Å². The highest BCUT2D eigenvalue weighted by molar-refractivity contribution is 7.09. The number of methoxy groups -OCH3 is 1. The quantitative estimate of drug-likeness (QED) is 0.296. The van der Waals surface area contributed by atoms with Crippen molar-refractivity contribution >= 4 is 28.9 Å². The predicted molar refractivity (Wildman–Crippen MR) is 141 cm³/mol. The van der Waals surface area contributed by atoms with E-state index in [1.54, 1.807) is 23.5 Å². The van der Waals surface area contributed by atoms with Crippen LogP contribution in [0.15, 0.2) is 42.0 Å². The van der Waals surface area contributed by atoms with E-state index >= 15 is 0 Å². The molecule has 1 unspecified atom stereocenters. The molecule has 2 aromatic carbocycles. The maximum Gasteiger partial charge on any atom is 0.339 e. The Kier molecular flexibility index (Phi) is 8.82. The number of aromatic nitrogens is 1. The molecule has 1 N–H and O–H groups in total. The van der Waals surface area contributed by atoms with Crippen molar-refractivity contribution in [1.82, 2.24) is 4.98 Å². The third-order valence-corrected chi connectivity index (χ3v) is 8.12. The number of carboxylic acids is 1. The number of aromatic carboxylic acids is 1. The molecule has 1 aliphatic rings. The summed E-state index contributed by atoms with van der Waals surface area (Å²) in [6, 6.07) is 9.08. The van der Waals surface area contributed by atoms with Crippen LogP contribution in [0.5, 0.6) is 5.75 Å². The van der Waals surface area contributed by atoms with Crippen LogP contribution in [0.4, 0.5) is 0 Å². The molecule has 0 saturated heterocycles. The third kappa shape index (κ3) is 6.43. The Labute approximate surface area is 216 Å². The van der Waals surface area contributed by atoms with Crippen molar-refractivity contribution in [2.75, 3.05) is 7.11 Å². The zero-order valence-electron chi connectivity index (χ0n) is 20.3. The number of nitrogens with zero attached hydrogens (tertiary/aromatic N) is 1. The number of benzene rings is 2. The highest BCUT2D eigenvalue weighted by atomic mass is 35.5. The average Bonchev–Trinajstić information content (AvgIpc) is 3.41. The van der Waals surface area contributed by atoms with Crippen molar-refractivity contribution in [2.45, 2.75) is 64.6 Å². The Morgan fingerprint density at radius 1 is 1.23 bits per heavy atom. The topological polar surface area (TPSA) is 68.7 Å². The Morgan fingerprint density at radius 2 is 2.03 bits per heavy atom. The number of hydrogen-bond acceptors (Lipinski definition) is 5. The fourth-order valence-electron chi connectivity index (χ4n) is 4.95. The molecule has 186 valence electrons. The highest BCUT2D eigenvalue weighted by Crippen LogP contribution is 2.36. The van der Waals surface area contributed by atoms with Gasteiger partial charge in [0.25, 0.3) is 0 Å². The van der Waals surface area contributed by atoms with Crippen LogP contribution < -0.4 is 4.74 Å². The standard InChI is InChI=1S/C28H32ClNO4S/c1-18-12-21(24(29)14-22(18)20-9-11-25(33-2)23(13-20)28(31)32)16-34-26(27-15-30-17-35-27)10-8-19-6-4-3-5-7-19/h9,11-15,17,19,26H,3-8,10,16H2,1-2H3,(H,31,32). The molecule has 0 radical (unpaired) electrons. The van der Waals surface area contributed by atoms with Crippen LogP contribution in [-0.2, 0) is 11.3 Å². The number of halogens is 1. The van der Waals surface area contributed by atoms with Gasteiger partial charge in [0, 0.05) is 11.2 Å². The van der Waals surface area contributed by atoms with E-state index < -0.39 is 5.97 Å². The van der Waals surface area contributed by atoms with Crippen molar-refractivity contribution in [3.8, 4) is 16.9 Å². The molecule has 1 aromatic heterocycles. The van der Waals surface area contributed by atoms with Crippen LogP contribution in [0.3, 0.4) is 0 Å². The van der Waals surface area contributed by atoms with E-state index in [9.17, 15) is 9.90 Å². The van der Waals surface area contributed by atoms with E-state index in [2.05, 4.69) is 4.98 Å². The second-order valence-electron chi connectivity index (χ2n) is 9.26. The summed E-state index contributed by atoms with van der Waals surface area (Å²) in [5.41, 5.74) is 5.58. The minimum atomic E-state index is -1.03. The van der Waals surface area contributed by atoms with Gasteiger partial charge in [-0.1, -0.05) is 55.8 Å². The van der Waals surface area contributed by atoms with Gasteiger partial charge >= 0.3 is 5.97 Å². The number of hydrogen-bond donors (Lipinski definition) is 1. The van der Waals surface area contributed by atoms with E-state index in [-0.39, 0.29) is 11.7 Å². The summed E-state index contributed by atoms with van der Waals surface area (Å²) in [5.74, 6) is 0.102. The van der Waals surface area contributed by atoms with E-state index in [0.717, 1.165) is 39.5 Å². The number of aryl methyl sites for hydroxylation is 1. The molecule has 5 nitrogen and oxygen atoms in total. The van der Waals surface area contributed by atoms with Crippen molar-refractivity contribution < 1.29 is 19.4 Å². The van der Waals surface area contributed by atoms with Gasteiger partial charge < -0.3 is 14.6 Å². The predicted octanol–water partition coefficient (Wildman–Crippen LogP) is 8.10. The third-order valence-electron chi connectivity index (χ3n) is 6.90. The molecule has 4 rings (SSSR count). The van der Waals surface area contributed by atoms with Crippen LogP contribution in [0.2, 0.25) is 5.02 Å². The lowest BCUT2D eigenvalue weighted by atomic mass is 9.85. The first-order valence-electron chi connectivity index (χ1n) is 12.2. The molecule has 1 aliphatic carbocycles. The van der Waals surface area contributed by atoms with E-state index in [1.165, 1.54) is 45.6 Å². The van der Waals surface area contributed by atoms with Gasteiger partial charge in [-0.25, -0.2) is 4.79 Å². The van der Waals surface area contributed by atoms with Gasteiger partial charge in [-0.2, -0.15) is 0 Å². The van der Waals surface area contributed by atoms with Gasteiger partial charge in [0.1, 0.15) is 11.3 Å². The van der Waals surface area contributed by atoms with Gasteiger partial charge in [0.15, 0.2) is 0 Å². The summed E-state index contributed by atoms with van der Waals surface area (Å²) >= 11 is 8.33. The fourth-order valence-corrected chi connectivity index (χ4v) is 5.87. The Balaban J connectivity index is 1.49. The molecule has 0 bridgehead atoms. The van der Waals surface area contributed by atoms with E-state index in [4.69, 9.17) is 21.1 Å². The van der Waals surface area contributed by atoms with Gasteiger partial charge in [0.2, 0.25) is 0 Å². The molecule has 0 amide bonds. The maximum absolute atomic E-state index is 11.6. The second kappa shape index (κ2) is 12.0. The molecule has 3 aromatic rings. The summed E-state index contributed by atoms with van der Waals surface area (Å²) in [7, 11) is 1.47. The molecular formula is C28H32ClNO4S. The smallest absolute Gasteiger partial charge is 0.339 e. The summed E-state index contributed by atoms with van der Waals surface area (Å²) in [4.78, 5) is 17.1. The molecule has 1 saturated carbocycles. The highest BCUT2D eigenvalue weighted by Gasteiger charge is 2.20. The lowest BCUT2D eigenvalue weighted by Gasteiger charge is -2.24. The first kappa shape index (κ1) is 25.7.